The Labute approximate surface area is 313 Å². The Morgan fingerprint density at radius 2 is 0.623 bits per heavy atom. The van der Waals surface area contributed by atoms with Gasteiger partial charge in [0.05, 0.1) is 0 Å². The number of hydrogen-bond donors (Lipinski definition) is 0. The monoisotopic (exact) mass is 685 g/mol. The van der Waals surface area contributed by atoms with Crippen LogP contribution in [-0.4, -0.2) is 24.2 Å². The van der Waals surface area contributed by atoms with E-state index >= 15 is 0 Å². The fourth-order valence-electron chi connectivity index (χ4n) is 9.55. The van der Waals surface area contributed by atoms with Crippen LogP contribution < -0.4 is 14.7 Å². The van der Waals surface area contributed by atoms with Crippen molar-refractivity contribution in [1.82, 2.24) is 0 Å². The van der Waals surface area contributed by atoms with Gasteiger partial charge in [0.1, 0.15) is 0 Å². The number of rotatable bonds is 8. The van der Waals surface area contributed by atoms with E-state index in [0.717, 1.165) is 17.1 Å². The van der Waals surface area contributed by atoms with Gasteiger partial charge in [-0.1, -0.05) is 127 Å². The summed E-state index contributed by atoms with van der Waals surface area (Å²) in [5, 5.41) is 0. The number of hydrogen-bond acceptors (Lipinski definition) is 3. The maximum Gasteiger partial charge on any atom is 0.0462 e. The van der Waals surface area contributed by atoms with E-state index in [-0.39, 0.29) is 0 Å². The molecule has 3 heteroatoms. The van der Waals surface area contributed by atoms with Crippen LogP contribution in [0.2, 0.25) is 0 Å². The van der Waals surface area contributed by atoms with E-state index in [0.29, 0.717) is 24.2 Å². The standard InChI is InChI=1S/C50H43N3/c1-4-11-36(12-5-1)38-19-25-43(26-20-38)51(44-27-21-39(22-28-44)37-13-6-2-7-14-37)45-29-23-40(24-30-45)41-15-10-18-46(31-41)53-49-32-47-33-50(53)35-48(34-49)52(47)42-16-8-3-9-17-42/h1-31,47-50H,32-35H2. The SMILES string of the molecule is c1ccc(-c2ccc(N(c3ccc(-c4ccccc4)cc3)c3ccc(-c4cccc(N5C6CC7CC5CC(C6)N7c5ccccc5)c4)cc3)cc2)cc1. The molecule has 4 aliphatic rings. The molecular formula is C50H43N3. The van der Waals surface area contributed by atoms with Crippen molar-refractivity contribution >= 4 is 28.4 Å². The lowest BCUT2D eigenvalue weighted by atomic mass is 9.72. The summed E-state index contributed by atoms with van der Waals surface area (Å²) in [4.78, 5) is 7.90. The van der Waals surface area contributed by atoms with Crippen LogP contribution in [0.15, 0.2) is 188 Å². The maximum atomic E-state index is 2.78. The molecule has 0 aliphatic carbocycles. The molecule has 4 saturated heterocycles. The molecule has 53 heavy (non-hydrogen) atoms. The number of anilines is 5. The van der Waals surface area contributed by atoms with E-state index in [1.165, 1.54) is 70.4 Å². The van der Waals surface area contributed by atoms with Crippen LogP contribution in [0.4, 0.5) is 28.4 Å². The second kappa shape index (κ2) is 13.5. The summed E-state index contributed by atoms with van der Waals surface area (Å²) in [7, 11) is 0. The molecule has 258 valence electrons. The molecule has 11 rings (SSSR count). The largest absolute Gasteiger partial charge is 0.365 e. The molecule has 0 amide bonds. The predicted molar refractivity (Wildman–Crippen MR) is 222 cm³/mol. The Morgan fingerprint density at radius 3 is 1.06 bits per heavy atom. The van der Waals surface area contributed by atoms with E-state index in [4.69, 9.17) is 0 Å². The van der Waals surface area contributed by atoms with Gasteiger partial charge in [-0.05, 0) is 120 Å². The van der Waals surface area contributed by atoms with Crippen molar-refractivity contribution in [2.24, 2.45) is 0 Å². The molecule has 0 atom stereocenters. The van der Waals surface area contributed by atoms with Gasteiger partial charge in [-0.15, -0.1) is 0 Å². The van der Waals surface area contributed by atoms with Crippen molar-refractivity contribution < 1.29 is 0 Å². The maximum absolute atomic E-state index is 2.78. The highest BCUT2D eigenvalue weighted by Gasteiger charge is 2.51. The fraction of sp³-hybridized carbons (Fsp3) is 0.160. The first-order valence-corrected chi connectivity index (χ1v) is 19.2. The summed E-state index contributed by atoms with van der Waals surface area (Å²) < 4.78 is 0. The lowest BCUT2D eigenvalue weighted by Crippen LogP contribution is -2.69. The lowest BCUT2D eigenvalue weighted by Gasteiger charge is -2.62. The van der Waals surface area contributed by atoms with Crippen molar-refractivity contribution in [3.63, 3.8) is 0 Å². The van der Waals surface area contributed by atoms with Gasteiger partial charge >= 0.3 is 0 Å². The molecule has 4 aliphatic heterocycles. The molecule has 7 aromatic carbocycles. The zero-order valence-electron chi connectivity index (χ0n) is 29.9. The summed E-state index contributed by atoms with van der Waals surface area (Å²) in [6, 6.07) is 71.2. The Balaban J connectivity index is 0.932. The quantitative estimate of drug-likeness (QED) is 0.158. The highest BCUT2D eigenvalue weighted by molar-refractivity contribution is 5.81. The summed E-state index contributed by atoms with van der Waals surface area (Å²) in [6.45, 7) is 0. The van der Waals surface area contributed by atoms with Crippen molar-refractivity contribution in [2.75, 3.05) is 14.7 Å². The van der Waals surface area contributed by atoms with Gasteiger partial charge in [0, 0.05) is 52.6 Å². The first-order chi connectivity index (χ1) is 26.2. The van der Waals surface area contributed by atoms with Gasteiger partial charge in [0.15, 0.2) is 0 Å². The van der Waals surface area contributed by atoms with Gasteiger partial charge in [0.25, 0.3) is 0 Å². The summed E-state index contributed by atoms with van der Waals surface area (Å²) >= 11 is 0. The molecule has 0 aromatic heterocycles. The summed E-state index contributed by atoms with van der Waals surface area (Å²) in [6.07, 6.45) is 4.98. The van der Waals surface area contributed by atoms with Crippen molar-refractivity contribution in [2.45, 2.75) is 49.9 Å². The normalized spacial score (nSPS) is 20.1. The zero-order chi connectivity index (χ0) is 35.1. The summed E-state index contributed by atoms with van der Waals surface area (Å²) in [5.74, 6) is 0. The van der Waals surface area contributed by atoms with Crippen LogP contribution in [0.1, 0.15) is 25.7 Å². The Kier molecular flexibility index (Phi) is 8.06. The molecule has 4 heterocycles. The van der Waals surface area contributed by atoms with E-state index in [2.05, 4.69) is 203 Å². The Hall–Kier alpha value is -6.06. The number of para-hydroxylation sites is 1. The predicted octanol–water partition coefficient (Wildman–Crippen LogP) is 12.5. The summed E-state index contributed by atoms with van der Waals surface area (Å²) in [5.41, 5.74) is 13.6. The van der Waals surface area contributed by atoms with E-state index in [9.17, 15) is 0 Å². The minimum atomic E-state index is 0.616. The van der Waals surface area contributed by atoms with Crippen molar-refractivity contribution in [1.29, 1.82) is 0 Å². The third-order valence-corrected chi connectivity index (χ3v) is 11.9. The van der Waals surface area contributed by atoms with Crippen LogP contribution in [0, 0.1) is 0 Å². The van der Waals surface area contributed by atoms with Crippen LogP contribution in [0.25, 0.3) is 33.4 Å². The second-order valence-electron chi connectivity index (χ2n) is 15.0. The van der Waals surface area contributed by atoms with Crippen molar-refractivity contribution in [3.05, 3.63) is 188 Å². The molecule has 0 radical (unpaired) electrons. The number of piperidine rings is 4. The van der Waals surface area contributed by atoms with Gasteiger partial charge < -0.3 is 14.7 Å². The van der Waals surface area contributed by atoms with Gasteiger partial charge in [-0.3, -0.25) is 0 Å². The number of nitrogens with zero attached hydrogens (tertiary/aromatic N) is 3. The van der Waals surface area contributed by atoms with Crippen LogP contribution in [0.5, 0.6) is 0 Å². The third kappa shape index (κ3) is 5.97. The molecule has 0 spiro atoms. The second-order valence-corrected chi connectivity index (χ2v) is 15.0. The van der Waals surface area contributed by atoms with Gasteiger partial charge in [0.2, 0.25) is 0 Å². The minimum Gasteiger partial charge on any atom is -0.365 e. The Morgan fingerprint density at radius 1 is 0.302 bits per heavy atom. The average molecular weight is 686 g/mol. The van der Waals surface area contributed by atoms with E-state index in [1.807, 2.05) is 0 Å². The first-order valence-electron chi connectivity index (χ1n) is 19.2. The molecule has 3 nitrogen and oxygen atoms in total. The number of benzene rings is 7. The van der Waals surface area contributed by atoms with Crippen LogP contribution >= 0.6 is 0 Å². The molecule has 7 aromatic rings. The van der Waals surface area contributed by atoms with Crippen molar-refractivity contribution in [3.8, 4) is 33.4 Å². The highest BCUT2D eigenvalue weighted by atomic mass is 15.3. The van der Waals surface area contributed by atoms with Crippen LogP contribution in [-0.2, 0) is 0 Å². The molecule has 4 fully saturated rings. The fourth-order valence-corrected chi connectivity index (χ4v) is 9.55. The average Bonchev–Trinajstić information content (AvgIpc) is 3.23. The smallest absolute Gasteiger partial charge is 0.0462 e. The molecule has 0 saturated carbocycles. The van der Waals surface area contributed by atoms with E-state index < -0.39 is 0 Å². The van der Waals surface area contributed by atoms with Gasteiger partial charge in [-0.25, -0.2) is 0 Å². The highest BCUT2D eigenvalue weighted by Crippen LogP contribution is 2.48. The zero-order valence-corrected chi connectivity index (χ0v) is 29.9. The molecule has 0 N–H and O–H groups in total. The third-order valence-electron chi connectivity index (χ3n) is 11.9. The van der Waals surface area contributed by atoms with Gasteiger partial charge in [-0.2, -0.15) is 0 Å². The van der Waals surface area contributed by atoms with E-state index in [1.54, 1.807) is 0 Å². The molecule has 4 bridgehead atoms. The first kappa shape index (κ1) is 31.7. The topological polar surface area (TPSA) is 9.72 Å². The molecular weight excluding hydrogens is 643 g/mol. The van der Waals surface area contributed by atoms with Crippen LogP contribution in [0.3, 0.4) is 0 Å². The Bertz CT molecular complexity index is 2190. The molecule has 0 unspecified atom stereocenters. The minimum absolute atomic E-state index is 0.616. The lowest BCUT2D eigenvalue weighted by molar-refractivity contribution is 0.171.